The largest absolute Gasteiger partial charge is 0.497 e. The fourth-order valence-corrected chi connectivity index (χ4v) is 5.11. The van der Waals surface area contributed by atoms with Crippen molar-refractivity contribution in [3.8, 4) is 5.75 Å². The molecule has 0 bridgehead atoms. The molecule has 0 fully saturated rings. The van der Waals surface area contributed by atoms with Crippen molar-refractivity contribution in [2.75, 3.05) is 39.2 Å². The maximum atomic E-state index is 13.5. The number of fused-ring (bicyclic) bond motifs is 2. The molecule has 0 unspecified atom stereocenters. The van der Waals surface area contributed by atoms with Crippen LogP contribution in [0.3, 0.4) is 0 Å². The molecule has 2 aromatic carbocycles. The van der Waals surface area contributed by atoms with Crippen LogP contribution in [0.15, 0.2) is 42.5 Å². The summed E-state index contributed by atoms with van der Waals surface area (Å²) < 4.78 is 7.06. The molecule has 11 heteroatoms. The molecule has 2 aromatic heterocycles. The van der Waals surface area contributed by atoms with E-state index in [1.807, 2.05) is 37.2 Å². The number of benzene rings is 2. The van der Waals surface area contributed by atoms with Gasteiger partial charge in [-0.25, -0.2) is 4.98 Å². The second-order valence-corrected chi connectivity index (χ2v) is 9.27. The number of nitro benzene ring substituents is 1. The summed E-state index contributed by atoms with van der Waals surface area (Å²) in [6.07, 6.45) is 0. The molecule has 0 aliphatic rings. The number of nitrogens with zero attached hydrogens (tertiary/aromatic N) is 4. The Hall–Kier alpha value is -2.79. The van der Waals surface area contributed by atoms with Gasteiger partial charge in [-0.2, -0.15) is 0 Å². The number of carbonyl (C=O) groups excluding carboxylic acids is 1. The summed E-state index contributed by atoms with van der Waals surface area (Å²) in [5.41, 5.74) is 0.810. The highest BCUT2D eigenvalue weighted by Crippen LogP contribution is 2.34. The van der Waals surface area contributed by atoms with Gasteiger partial charge in [0.25, 0.3) is 11.6 Å². The molecular formula is C21H21ClN4O4S2. The monoisotopic (exact) mass is 492 g/mol. The molecule has 0 radical (unpaired) electrons. The van der Waals surface area contributed by atoms with Crippen molar-refractivity contribution in [3.05, 3.63) is 57.5 Å². The molecule has 8 nitrogen and oxygen atoms in total. The third kappa shape index (κ3) is 4.83. The standard InChI is InChI=1S/C21H20N4O4S2.ClH/c1-23(2)8-9-24(21-22-16-6-5-15(29-3)12-18(16)31-21)20(26)19-11-13-10-14(25(27)28)4-7-17(13)30-19;/h4-7,10-12H,8-9H2,1-3H3;1H. The van der Waals surface area contributed by atoms with E-state index in [2.05, 4.69) is 4.98 Å². The van der Waals surface area contributed by atoms with Crippen molar-refractivity contribution >= 4 is 72.1 Å². The van der Waals surface area contributed by atoms with Crippen LogP contribution in [0.1, 0.15) is 9.67 Å². The minimum atomic E-state index is -0.433. The quantitative estimate of drug-likeness (QED) is 0.264. The molecule has 0 saturated carbocycles. The first-order chi connectivity index (χ1) is 14.9. The van der Waals surface area contributed by atoms with Gasteiger partial charge < -0.3 is 9.64 Å². The van der Waals surface area contributed by atoms with Gasteiger partial charge in [0.2, 0.25) is 0 Å². The molecule has 4 aromatic rings. The number of hydrogen-bond acceptors (Lipinski definition) is 8. The average Bonchev–Trinajstić information content (AvgIpc) is 3.36. The second kappa shape index (κ2) is 9.78. The minimum Gasteiger partial charge on any atom is -0.497 e. The number of ether oxygens (including phenoxy) is 1. The van der Waals surface area contributed by atoms with E-state index in [1.54, 1.807) is 24.1 Å². The molecule has 168 valence electrons. The van der Waals surface area contributed by atoms with Crippen molar-refractivity contribution in [1.82, 2.24) is 9.88 Å². The van der Waals surface area contributed by atoms with Crippen LogP contribution in [0.5, 0.6) is 5.75 Å². The zero-order valence-corrected chi connectivity index (χ0v) is 20.1. The van der Waals surface area contributed by atoms with Crippen LogP contribution in [-0.4, -0.2) is 55.0 Å². The first-order valence-corrected chi connectivity index (χ1v) is 11.1. The van der Waals surface area contributed by atoms with E-state index in [1.165, 1.54) is 34.8 Å². The van der Waals surface area contributed by atoms with Gasteiger partial charge >= 0.3 is 0 Å². The Kier molecular flexibility index (Phi) is 7.29. The fourth-order valence-electron chi connectivity index (χ4n) is 3.10. The van der Waals surface area contributed by atoms with Crippen LogP contribution in [0.2, 0.25) is 0 Å². The number of methoxy groups -OCH3 is 1. The Morgan fingerprint density at radius 2 is 1.88 bits per heavy atom. The number of thiazole rings is 1. The second-order valence-electron chi connectivity index (χ2n) is 7.18. The molecule has 1 amide bonds. The van der Waals surface area contributed by atoms with Crippen LogP contribution >= 0.6 is 35.1 Å². The number of amides is 1. The molecule has 4 rings (SSSR count). The molecule has 32 heavy (non-hydrogen) atoms. The SMILES string of the molecule is COc1ccc2nc(N(CCN(C)C)C(=O)c3cc4cc([N+](=O)[O-])ccc4s3)sc2c1.Cl. The molecule has 2 heterocycles. The zero-order chi connectivity index (χ0) is 22.1. The number of carbonyl (C=O) groups is 1. The van der Waals surface area contributed by atoms with Gasteiger partial charge in [0.05, 0.1) is 27.1 Å². The van der Waals surface area contributed by atoms with Gasteiger partial charge in [-0.05, 0) is 44.4 Å². The highest BCUT2D eigenvalue weighted by molar-refractivity contribution is 7.23. The highest BCUT2D eigenvalue weighted by atomic mass is 35.5. The van der Waals surface area contributed by atoms with Crippen LogP contribution in [0.4, 0.5) is 10.8 Å². The number of nitro groups is 1. The predicted octanol–water partition coefficient (Wildman–Crippen LogP) is 5.06. The van der Waals surface area contributed by atoms with Crippen LogP contribution < -0.4 is 9.64 Å². The number of rotatable bonds is 7. The number of hydrogen-bond donors (Lipinski definition) is 0. The number of non-ortho nitro benzene ring substituents is 1. The fraction of sp³-hybridized carbons (Fsp3) is 0.238. The molecule has 0 N–H and O–H groups in total. The van der Waals surface area contributed by atoms with E-state index in [-0.39, 0.29) is 24.0 Å². The summed E-state index contributed by atoms with van der Waals surface area (Å²) in [4.78, 5) is 33.0. The van der Waals surface area contributed by atoms with Gasteiger partial charge in [-0.1, -0.05) is 11.3 Å². The van der Waals surface area contributed by atoms with Crippen molar-refractivity contribution < 1.29 is 14.5 Å². The summed E-state index contributed by atoms with van der Waals surface area (Å²) in [7, 11) is 5.51. The van der Waals surface area contributed by atoms with Crippen LogP contribution in [0.25, 0.3) is 20.3 Å². The van der Waals surface area contributed by atoms with E-state index in [9.17, 15) is 14.9 Å². The molecule has 0 aliphatic heterocycles. The summed E-state index contributed by atoms with van der Waals surface area (Å²) in [5, 5.41) is 12.4. The third-order valence-corrected chi connectivity index (χ3v) is 6.90. The predicted molar refractivity (Wildman–Crippen MR) is 132 cm³/mol. The third-order valence-electron chi connectivity index (χ3n) is 4.75. The Morgan fingerprint density at radius 3 is 2.56 bits per heavy atom. The van der Waals surface area contributed by atoms with E-state index < -0.39 is 4.92 Å². The molecule has 0 atom stereocenters. The average molecular weight is 493 g/mol. The lowest BCUT2D eigenvalue weighted by Gasteiger charge is -2.21. The van der Waals surface area contributed by atoms with Crippen LogP contribution in [-0.2, 0) is 0 Å². The van der Waals surface area contributed by atoms with Gasteiger partial charge in [0, 0.05) is 35.3 Å². The molecule has 0 aliphatic carbocycles. The molecule has 0 spiro atoms. The van der Waals surface area contributed by atoms with Crippen molar-refractivity contribution in [1.29, 1.82) is 0 Å². The maximum absolute atomic E-state index is 13.5. The van der Waals surface area contributed by atoms with Crippen molar-refractivity contribution in [3.63, 3.8) is 0 Å². The van der Waals surface area contributed by atoms with E-state index in [0.29, 0.717) is 28.5 Å². The molecule has 0 saturated heterocycles. The smallest absolute Gasteiger partial charge is 0.270 e. The number of halogens is 1. The Bertz CT molecular complexity index is 1290. The lowest BCUT2D eigenvalue weighted by atomic mass is 10.2. The van der Waals surface area contributed by atoms with E-state index in [0.717, 1.165) is 20.7 Å². The zero-order valence-electron chi connectivity index (χ0n) is 17.6. The molecular weight excluding hydrogens is 472 g/mol. The topological polar surface area (TPSA) is 88.8 Å². The first kappa shape index (κ1) is 23.9. The highest BCUT2D eigenvalue weighted by Gasteiger charge is 2.24. The Morgan fingerprint density at radius 1 is 1.09 bits per heavy atom. The Labute approximate surface area is 198 Å². The number of likely N-dealkylation sites (N-methyl/N-ethyl adjacent to an activating group) is 1. The summed E-state index contributed by atoms with van der Waals surface area (Å²) in [6.45, 7) is 1.14. The van der Waals surface area contributed by atoms with Crippen molar-refractivity contribution in [2.24, 2.45) is 0 Å². The van der Waals surface area contributed by atoms with E-state index in [4.69, 9.17) is 4.74 Å². The number of aromatic nitrogens is 1. The van der Waals surface area contributed by atoms with Crippen LogP contribution in [0, 0.1) is 10.1 Å². The van der Waals surface area contributed by atoms with Crippen molar-refractivity contribution in [2.45, 2.75) is 0 Å². The normalized spacial score (nSPS) is 11.0. The van der Waals surface area contributed by atoms with Gasteiger partial charge in [-0.15, -0.1) is 23.7 Å². The lowest BCUT2D eigenvalue weighted by molar-refractivity contribution is -0.384. The minimum absolute atomic E-state index is 0. The first-order valence-electron chi connectivity index (χ1n) is 9.45. The van der Waals surface area contributed by atoms with Gasteiger partial charge in [-0.3, -0.25) is 19.8 Å². The maximum Gasteiger partial charge on any atom is 0.270 e. The van der Waals surface area contributed by atoms with E-state index >= 15 is 0 Å². The summed E-state index contributed by atoms with van der Waals surface area (Å²) in [6, 6.07) is 12.0. The number of anilines is 1. The summed E-state index contributed by atoms with van der Waals surface area (Å²) >= 11 is 2.76. The lowest BCUT2D eigenvalue weighted by Crippen LogP contribution is -2.36. The van der Waals surface area contributed by atoms with Gasteiger partial charge in [0.1, 0.15) is 5.75 Å². The Balaban J connectivity index is 0.00000289. The number of thiophene rings is 1. The van der Waals surface area contributed by atoms with Gasteiger partial charge in [0.15, 0.2) is 5.13 Å². The summed E-state index contributed by atoms with van der Waals surface area (Å²) in [5.74, 6) is 0.566.